The van der Waals surface area contributed by atoms with Crippen LogP contribution in [0.1, 0.15) is 24.8 Å². The number of carbonyl (C=O) groups is 2. The maximum atomic E-state index is 11.3. The van der Waals surface area contributed by atoms with Crippen LogP contribution < -0.4 is 9.47 Å². The number of alkyl halides is 3. The van der Waals surface area contributed by atoms with Gasteiger partial charge < -0.3 is 19.7 Å². The van der Waals surface area contributed by atoms with E-state index in [0.29, 0.717) is 13.1 Å². The third kappa shape index (κ3) is 7.63. The van der Waals surface area contributed by atoms with Crippen molar-refractivity contribution < 1.29 is 42.4 Å². The summed E-state index contributed by atoms with van der Waals surface area (Å²) < 4.78 is 42.4. The normalized spacial score (nSPS) is 17.7. The molecule has 1 heterocycles. The van der Waals surface area contributed by atoms with Gasteiger partial charge in [0.1, 0.15) is 11.5 Å². The van der Waals surface area contributed by atoms with Gasteiger partial charge in [-0.3, -0.25) is 9.69 Å². The number of carboxylic acids is 2. The standard InChI is InChI=1S/C16H23NO4.C2HF3O2/c1-20-14-6-7-15(21-2)13(9-14)11-17-8-4-3-5-12(10-17)16(18)19;3-2(4,5)1(6)7/h6-7,9,12H,3-5,8,10-11H2,1-2H3,(H,18,19);(H,6,7). The Morgan fingerprint density at radius 1 is 1.18 bits per heavy atom. The van der Waals surface area contributed by atoms with Gasteiger partial charge in [-0.2, -0.15) is 13.2 Å². The zero-order valence-electron chi connectivity index (χ0n) is 15.7. The van der Waals surface area contributed by atoms with Crippen molar-refractivity contribution in [2.45, 2.75) is 32.0 Å². The molecule has 158 valence electrons. The van der Waals surface area contributed by atoms with Crippen molar-refractivity contribution in [3.8, 4) is 11.5 Å². The van der Waals surface area contributed by atoms with E-state index >= 15 is 0 Å². The summed E-state index contributed by atoms with van der Waals surface area (Å²) in [6.07, 6.45) is -2.31. The molecule has 0 spiro atoms. The summed E-state index contributed by atoms with van der Waals surface area (Å²) >= 11 is 0. The van der Waals surface area contributed by atoms with Gasteiger partial charge in [-0.05, 0) is 37.6 Å². The molecule has 1 aromatic rings. The first-order chi connectivity index (χ1) is 13.1. The fourth-order valence-corrected chi connectivity index (χ4v) is 2.81. The van der Waals surface area contributed by atoms with Crippen LogP contribution in [0.2, 0.25) is 0 Å². The van der Waals surface area contributed by atoms with E-state index in [2.05, 4.69) is 4.90 Å². The second-order valence-corrected chi connectivity index (χ2v) is 6.25. The topological polar surface area (TPSA) is 96.3 Å². The molecule has 1 fully saturated rings. The minimum Gasteiger partial charge on any atom is -0.497 e. The Hall–Kier alpha value is -2.49. The number of methoxy groups -OCH3 is 2. The Morgan fingerprint density at radius 3 is 2.32 bits per heavy atom. The molecule has 1 unspecified atom stereocenters. The van der Waals surface area contributed by atoms with Gasteiger partial charge in [-0.15, -0.1) is 0 Å². The fourth-order valence-electron chi connectivity index (χ4n) is 2.81. The molecular formula is C18H24F3NO6. The summed E-state index contributed by atoms with van der Waals surface area (Å²) in [4.78, 5) is 22.4. The number of rotatable bonds is 5. The number of hydrogen-bond donors (Lipinski definition) is 2. The molecule has 2 N–H and O–H groups in total. The smallest absolute Gasteiger partial charge is 0.490 e. The molecule has 1 aliphatic heterocycles. The molecule has 0 bridgehead atoms. The highest BCUT2D eigenvalue weighted by atomic mass is 19.4. The van der Waals surface area contributed by atoms with Crippen LogP contribution in [0.25, 0.3) is 0 Å². The van der Waals surface area contributed by atoms with Crippen LogP contribution in [0.15, 0.2) is 18.2 Å². The van der Waals surface area contributed by atoms with Gasteiger partial charge in [-0.25, -0.2) is 4.79 Å². The Morgan fingerprint density at radius 2 is 1.82 bits per heavy atom. The van der Waals surface area contributed by atoms with Crippen molar-refractivity contribution in [3.05, 3.63) is 23.8 Å². The largest absolute Gasteiger partial charge is 0.497 e. The molecule has 0 saturated carbocycles. The van der Waals surface area contributed by atoms with E-state index in [0.717, 1.165) is 42.9 Å². The molecule has 0 radical (unpaired) electrons. The van der Waals surface area contributed by atoms with Crippen molar-refractivity contribution in [3.63, 3.8) is 0 Å². The molecule has 1 atom stereocenters. The van der Waals surface area contributed by atoms with Crippen LogP contribution >= 0.6 is 0 Å². The highest BCUT2D eigenvalue weighted by Gasteiger charge is 2.38. The SMILES string of the molecule is COc1ccc(OC)c(CN2CCCCC(C(=O)O)C2)c1.O=C(O)C(F)(F)F. The summed E-state index contributed by atoms with van der Waals surface area (Å²) in [5, 5.41) is 16.4. The second kappa shape index (κ2) is 10.7. The van der Waals surface area contributed by atoms with Crippen LogP contribution in [0, 0.1) is 5.92 Å². The van der Waals surface area contributed by atoms with Crippen LogP contribution in [0.5, 0.6) is 11.5 Å². The van der Waals surface area contributed by atoms with Crippen molar-refractivity contribution >= 4 is 11.9 Å². The summed E-state index contributed by atoms with van der Waals surface area (Å²) in [6.45, 7) is 2.20. The number of carboxylic acid groups (broad SMARTS) is 2. The van der Waals surface area contributed by atoms with E-state index in [4.69, 9.17) is 19.4 Å². The second-order valence-electron chi connectivity index (χ2n) is 6.25. The predicted molar refractivity (Wildman–Crippen MR) is 93.5 cm³/mol. The van der Waals surface area contributed by atoms with Crippen molar-refractivity contribution in [1.29, 1.82) is 0 Å². The Labute approximate surface area is 160 Å². The average Bonchev–Trinajstić information content (AvgIpc) is 2.87. The van der Waals surface area contributed by atoms with Crippen molar-refractivity contribution in [1.82, 2.24) is 4.90 Å². The summed E-state index contributed by atoms with van der Waals surface area (Å²) in [5.74, 6) is -2.13. The lowest BCUT2D eigenvalue weighted by Gasteiger charge is -2.23. The summed E-state index contributed by atoms with van der Waals surface area (Å²) in [5.41, 5.74) is 1.03. The third-order valence-electron chi connectivity index (χ3n) is 4.23. The van der Waals surface area contributed by atoms with Crippen LogP contribution in [0.4, 0.5) is 13.2 Å². The monoisotopic (exact) mass is 407 g/mol. The van der Waals surface area contributed by atoms with Gasteiger partial charge in [0.15, 0.2) is 0 Å². The number of halogens is 3. The van der Waals surface area contributed by atoms with Gasteiger partial charge in [0.05, 0.1) is 20.1 Å². The number of aliphatic carboxylic acids is 2. The summed E-state index contributed by atoms with van der Waals surface area (Å²) in [7, 11) is 3.28. The zero-order chi connectivity index (χ0) is 21.3. The Kier molecular flexibility index (Phi) is 9.04. The number of likely N-dealkylation sites (tertiary alicyclic amines) is 1. The number of nitrogens with zero attached hydrogens (tertiary/aromatic N) is 1. The lowest BCUT2D eigenvalue weighted by molar-refractivity contribution is -0.192. The van der Waals surface area contributed by atoms with Crippen LogP contribution in [-0.2, 0) is 16.1 Å². The minimum atomic E-state index is -5.08. The van der Waals surface area contributed by atoms with Crippen molar-refractivity contribution in [2.75, 3.05) is 27.3 Å². The summed E-state index contributed by atoms with van der Waals surface area (Å²) in [6, 6.07) is 5.71. The molecule has 0 aromatic heterocycles. The van der Waals surface area contributed by atoms with E-state index < -0.39 is 18.1 Å². The maximum absolute atomic E-state index is 11.3. The van der Waals surface area contributed by atoms with Crippen molar-refractivity contribution in [2.24, 2.45) is 5.92 Å². The van der Waals surface area contributed by atoms with Gasteiger partial charge in [0.2, 0.25) is 0 Å². The minimum absolute atomic E-state index is 0.274. The van der Waals surface area contributed by atoms with Crippen LogP contribution in [0.3, 0.4) is 0 Å². The Balaban J connectivity index is 0.000000480. The molecule has 2 rings (SSSR count). The highest BCUT2D eigenvalue weighted by Crippen LogP contribution is 2.27. The van der Waals surface area contributed by atoms with E-state index in [9.17, 15) is 23.1 Å². The fraction of sp³-hybridized carbons (Fsp3) is 0.556. The van der Waals surface area contributed by atoms with Crippen LogP contribution in [-0.4, -0.2) is 60.5 Å². The van der Waals surface area contributed by atoms with Gasteiger partial charge >= 0.3 is 18.1 Å². The molecule has 1 aromatic carbocycles. The van der Waals surface area contributed by atoms with Gasteiger partial charge in [0, 0.05) is 18.7 Å². The molecule has 0 aliphatic carbocycles. The maximum Gasteiger partial charge on any atom is 0.490 e. The van der Waals surface area contributed by atoms with Gasteiger partial charge in [-0.1, -0.05) is 6.42 Å². The van der Waals surface area contributed by atoms with E-state index in [1.54, 1.807) is 14.2 Å². The molecule has 0 amide bonds. The number of benzene rings is 1. The highest BCUT2D eigenvalue weighted by molar-refractivity contribution is 5.73. The first kappa shape index (κ1) is 23.5. The first-order valence-corrected chi connectivity index (χ1v) is 8.54. The van der Waals surface area contributed by atoms with E-state index in [1.807, 2.05) is 18.2 Å². The molecule has 28 heavy (non-hydrogen) atoms. The third-order valence-corrected chi connectivity index (χ3v) is 4.23. The molecule has 1 aliphatic rings. The molecular weight excluding hydrogens is 383 g/mol. The Bertz CT molecular complexity index is 665. The first-order valence-electron chi connectivity index (χ1n) is 8.54. The molecule has 10 heteroatoms. The molecule has 1 saturated heterocycles. The number of ether oxygens (including phenoxy) is 2. The van der Waals surface area contributed by atoms with Gasteiger partial charge in [0.25, 0.3) is 0 Å². The van der Waals surface area contributed by atoms with E-state index in [1.165, 1.54) is 0 Å². The predicted octanol–water partition coefficient (Wildman–Crippen LogP) is 3.02. The quantitative estimate of drug-likeness (QED) is 0.775. The lowest BCUT2D eigenvalue weighted by atomic mass is 10.0. The lowest BCUT2D eigenvalue weighted by Crippen LogP contribution is -2.31. The molecule has 7 nitrogen and oxygen atoms in total. The zero-order valence-corrected chi connectivity index (χ0v) is 15.7. The number of hydrogen-bond acceptors (Lipinski definition) is 5. The average molecular weight is 407 g/mol. The van der Waals surface area contributed by atoms with E-state index in [-0.39, 0.29) is 5.92 Å².